The molecule has 0 spiro atoms. The van der Waals surface area contributed by atoms with Gasteiger partial charge in [0.15, 0.2) is 0 Å². The molecule has 1 heterocycles. The average Bonchev–Trinajstić information content (AvgIpc) is 3.05. The number of esters is 1. The van der Waals surface area contributed by atoms with Gasteiger partial charge in [0.25, 0.3) is 0 Å². The van der Waals surface area contributed by atoms with Crippen LogP contribution in [0.5, 0.6) is 0 Å². The molecule has 1 N–H and O–H groups in total. The van der Waals surface area contributed by atoms with Crippen LogP contribution in [0.1, 0.15) is 28.5 Å². The number of aliphatic hydroxyl groups is 1. The highest BCUT2D eigenvalue weighted by Crippen LogP contribution is 2.24. The van der Waals surface area contributed by atoms with Gasteiger partial charge in [0.2, 0.25) is 5.91 Å². The van der Waals surface area contributed by atoms with Crippen molar-refractivity contribution >= 4 is 28.5 Å². The number of anilines is 1. The van der Waals surface area contributed by atoms with Crippen LogP contribution in [0.25, 0.3) is 10.9 Å². The molecule has 1 aromatic heterocycles. The van der Waals surface area contributed by atoms with Crippen LogP contribution in [0.15, 0.2) is 48.5 Å². The van der Waals surface area contributed by atoms with Crippen LogP contribution >= 0.6 is 0 Å². The summed E-state index contributed by atoms with van der Waals surface area (Å²) < 4.78 is 6.55. The standard InChI is InChI=1S/C22H24N2O4/c1-4-23(18-7-5-6-15(2)10-18)21(26)13-24-19-11-16(14-25)8-9-17(19)12-20(24)22(27)28-3/h5-12,25H,4,13-14H2,1-3H3. The van der Waals surface area contributed by atoms with Crippen LogP contribution in [-0.4, -0.2) is 35.2 Å². The van der Waals surface area contributed by atoms with Gasteiger partial charge in [0, 0.05) is 23.1 Å². The first-order valence-corrected chi connectivity index (χ1v) is 9.16. The van der Waals surface area contributed by atoms with Gasteiger partial charge < -0.3 is 19.3 Å². The Hall–Kier alpha value is -3.12. The lowest BCUT2D eigenvalue weighted by Crippen LogP contribution is -2.34. The average molecular weight is 380 g/mol. The smallest absolute Gasteiger partial charge is 0.354 e. The molecule has 1 amide bonds. The molecule has 0 bridgehead atoms. The van der Waals surface area contributed by atoms with Crippen LogP contribution in [0.2, 0.25) is 0 Å². The number of ether oxygens (including phenoxy) is 1. The van der Waals surface area contributed by atoms with E-state index in [0.29, 0.717) is 23.3 Å². The van der Waals surface area contributed by atoms with Crippen LogP contribution in [-0.2, 0) is 22.7 Å². The van der Waals surface area contributed by atoms with E-state index in [9.17, 15) is 14.7 Å². The number of carbonyl (C=O) groups is 2. The second-order valence-corrected chi connectivity index (χ2v) is 6.64. The lowest BCUT2D eigenvalue weighted by Gasteiger charge is -2.22. The molecule has 28 heavy (non-hydrogen) atoms. The van der Waals surface area contributed by atoms with Gasteiger partial charge in [-0.3, -0.25) is 4.79 Å². The molecule has 0 aliphatic rings. The molecule has 0 saturated heterocycles. The van der Waals surface area contributed by atoms with Crippen molar-refractivity contribution in [1.29, 1.82) is 0 Å². The molecule has 3 rings (SSSR count). The van der Waals surface area contributed by atoms with Crippen LogP contribution < -0.4 is 4.90 Å². The van der Waals surface area contributed by atoms with Gasteiger partial charge in [-0.05, 0) is 49.2 Å². The summed E-state index contributed by atoms with van der Waals surface area (Å²) in [6.07, 6.45) is 0. The highest BCUT2D eigenvalue weighted by molar-refractivity contribution is 5.99. The number of amides is 1. The summed E-state index contributed by atoms with van der Waals surface area (Å²) in [4.78, 5) is 27.1. The van der Waals surface area contributed by atoms with E-state index in [-0.39, 0.29) is 19.1 Å². The Kier molecular flexibility index (Phi) is 5.80. The molecule has 2 aromatic carbocycles. The summed E-state index contributed by atoms with van der Waals surface area (Å²) in [7, 11) is 1.32. The van der Waals surface area contributed by atoms with Crippen LogP contribution in [0, 0.1) is 6.92 Å². The van der Waals surface area contributed by atoms with Crippen molar-refractivity contribution in [3.63, 3.8) is 0 Å². The molecule has 0 fully saturated rings. The Morgan fingerprint density at radius 1 is 1.14 bits per heavy atom. The predicted molar refractivity (Wildman–Crippen MR) is 108 cm³/mol. The van der Waals surface area contributed by atoms with Crippen LogP contribution in [0.3, 0.4) is 0 Å². The van der Waals surface area contributed by atoms with Crippen molar-refractivity contribution in [3.05, 3.63) is 65.4 Å². The second-order valence-electron chi connectivity index (χ2n) is 6.64. The van der Waals surface area contributed by atoms with Gasteiger partial charge in [-0.25, -0.2) is 4.79 Å². The molecule has 0 unspecified atom stereocenters. The SMILES string of the molecule is CCN(C(=O)Cn1c(C(=O)OC)cc2ccc(CO)cc21)c1cccc(C)c1. The van der Waals surface area contributed by atoms with E-state index in [1.165, 1.54) is 7.11 Å². The van der Waals surface area contributed by atoms with Crippen molar-refractivity contribution < 1.29 is 19.4 Å². The Labute approximate surface area is 163 Å². The van der Waals surface area contributed by atoms with E-state index in [1.54, 1.807) is 27.7 Å². The quantitative estimate of drug-likeness (QED) is 0.666. The number of aryl methyl sites for hydroxylation is 1. The van der Waals surface area contributed by atoms with Crippen LogP contribution in [0.4, 0.5) is 5.69 Å². The van der Waals surface area contributed by atoms with Crippen molar-refractivity contribution in [2.24, 2.45) is 0 Å². The third-order valence-corrected chi connectivity index (χ3v) is 4.77. The third-order valence-electron chi connectivity index (χ3n) is 4.77. The highest BCUT2D eigenvalue weighted by Gasteiger charge is 2.21. The number of benzene rings is 2. The zero-order valence-electron chi connectivity index (χ0n) is 16.3. The Morgan fingerprint density at radius 3 is 2.57 bits per heavy atom. The number of carbonyl (C=O) groups excluding carboxylic acids is 2. The molecule has 3 aromatic rings. The lowest BCUT2D eigenvalue weighted by molar-refractivity contribution is -0.119. The highest BCUT2D eigenvalue weighted by atomic mass is 16.5. The zero-order chi connectivity index (χ0) is 20.3. The minimum atomic E-state index is -0.506. The predicted octanol–water partition coefficient (Wildman–Crippen LogP) is 3.28. The zero-order valence-corrected chi connectivity index (χ0v) is 16.3. The molecule has 0 aliphatic heterocycles. The summed E-state index contributed by atoms with van der Waals surface area (Å²) >= 11 is 0. The monoisotopic (exact) mass is 380 g/mol. The number of methoxy groups -OCH3 is 1. The van der Waals surface area contributed by atoms with Crippen molar-refractivity contribution in [1.82, 2.24) is 4.57 Å². The van der Waals surface area contributed by atoms with Gasteiger partial charge in [-0.1, -0.05) is 24.3 Å². The largest absolute Gasteiger partial charge is 0.464 e. The van der Waals surface area contributed by atoms with E-state index in [4.69, 9.17) is 4.74 Å². The number of hydrogen-bond donors (Lipinski definition) is 1. The first-order valence-electron chi connectivity index (χ1n) is 9.16. The van der Waals surface area contributed by atoms with E-state index in [0.717, 1.165) is 16.6 Å². The van der Waals surface area contributed by atoms with Gasteiger partial charge in [0.05, 0.1) is 13.7 Å². The molecular formula is C22H24N2O4. The number of likely N-dealkylation sites (N-methyl/N-ethyl adjacent to an activating group) is 1. The van der Waals surface area contributed by atoms with Gasteiger partial charge in [0.1, 0.15) is 12.2 Å². The summed E-state index contributed by atoms with van der Waals surface area (Å²) in [5.74, 6) is -0.640. The number of aliphatic hydroxyl groups excluding tert-OH is 1. The van der Waals surface area contributed by atoms with E-state index in [2.05, 4.69) is 0 Å². The normalized spacial score (nSPS) is 10.9. The third kappa shape index (κ3) is 3.77. The lowest BCUT2D eigenvalue weighted by atomic mass is 10.2. The minimum Gasteiger partial charge on any atom is -0.464 e. The number of hydrogen-bond acceptors (Lipinski definition) is 4. The fourth-order valence-electron chi connectivity index (χ4n) is 3.36. The Balaban J connectivity index is 2.03. The maximum atomic E-state index is 13.1. The molecule has 0 atom stereocenters. The number of aromatic nitrogens is 1. The summed E-state index contributed by atoms with van der Waals surface area (Å²) in [5, 5.41) is 10.3. The van der Waals surface area contributed by atoms with Gasteiger partial charge >= 0.3 is 5.97 Å². The molecule has 0 radical (unpaired) electrons. The first-order chi connectivity index (χ1) is 13.5. The van der Waals surface area contributed by atoms with E-state index < -0.39 is 5.97 Å². The van der Waals surface area contributed by atoms with E-state index in [1.807, 2.05) is 44.2 Å². The Bertz CT molecular complexity index is 1020. The van der Waals surface area contributed by atoms with Gasteiger partial charge in [-0.15, -0.1) is 0 Å². The van der Waals surface area contributed by atoms with Crippen molar-refractivity contribution in [2.45, 2.75) is 27.0 Å². The fourth-order valence-corrected chi connectivity index (χ4v) is 3.36. The second kappa shape index (κ2) is 8.27. The molecule has 146 valence electrons. The minimum absolute atomic E-state index is 0.00933. The fraction of sp³-hybridized carbons (Fsp3) is 0.273. The summed E-state index contributed by atoms with van der Waals surface area (Å²) in [5.41, 5.74) is 3.61. The van der Waals surface area contributed by atoms with E-state index >= 15 is 0 Å². The maximum absolute atomic E-state index is 13.1. The van der Waals surface area contributed by atoms with Crippen molar-refractivity contribution in [3.8, 4) is 0 Å². The molecule has 6 nitrogen and oxygen atoms in total. The van der Waals surface area contributed by atoms with Crippen molar-refractivity contribution in [2.75, 3.05) is 18.6 Å². The summed E-state index contributed by atoms with van der Waals surface area (Å²) in [6.45, 7) is 4.28. The molecule has 6 heteroatoms. The number of fused-ring (bicyclic) bond motifs is 1. The molecule has 0 aliphatic carbocycles. The molecule has 0 saturated carbocycles. The summed E-state index contributed by atoms with van der Waals surface area (Å²) in [6, 6.07) is 14.9. The first kappa shape index (κ1) is 19.6. The Morgan fingerprint density at radius 2 is 1.93 bits per heavy atom. The number of nitrogens with zero attached hydrogens (tertiary/aromatic N) is 2. The maximum Gasteiger partial charge on any atom is 0.354 e. The van der Waals surface area contributed by atoms with Gasteiger partial charge in [-0.2, -0.15) is 0 Å². The number of rotatable bonds is 6. The topological polar surface area (TPSA) is 71.8 Å². The molecular weight excluding hydrogens is 356 g/mol.